The number of nitriles is 1. The maximum absolute atomic E-state index is 11.1. The number of hydrogen-bond donors (Lipinski definition) is 0. The predicted molar refractivity (Wildman–Crippen MR) is 58.9 cm³/mol. The molecule has 0 atom stereocenters. The van der Waals surface area contributed by atoms with E-state index in [1.165, 1.54) is 6.92 Å². The highest BCUT2D eigenvalue weighted by Crippen LogP contribution is 2.23. The van der Waals surface area contributed by atoms with Crippen LogP contribution in [0.2, 0.25) is 5.02 Å². The van der Waals surface area contributed by atoms with Gasteiger partial charge in [0.25, 0.3) is 0 Å². The zero-order valence-electron chi connectivity index (χ0n) is 6.77. The molecule has 0 radical (unpaired) electrons. The van der Waals surface area contributed by atoms with E-state index < -0.39 is 0 Å². The van der Waals surface area contributed by atoms with Crippen LogP contribution in [0.15, 0.2) is 12.1 Å². The molecule has 0 bridgehead atoms. The van der Waals surface area contributed by atoms with E-state index in [2.05, 4.69) is 22.6 Å². The fraction of sp³-hybridized carbons (Fsp3) is 0.111. The van der Waals surface area contributed by atoms with Crippen LogP contribution in [0.3, 0.4) is 0 Å². The predicted octanol–water partition coefficient (Wildman–Crippen LogP) is 3.02. The van der Waals surface area contributed by atoms with Crippen LogP contribution in [0.1, 0.15) is 22.8 Å². The highest BCUT2D eigenvalue weighted by Gasteiger charge is 2.11. The Labute approximate surface area is 94.6 Å². The molecule has 0 N–H and O–H groups in total. The number of halogens is 2. The Balaban J connectivity index is 3.50. The van der Waals surface area contributed by atoms with Gasteiger partial charge in [-0.3, -0.25) is 4.79 Å². The maximum atomic E-state index is 11.1. The molecule has 0 aliphatic carbocycles. The van der Waals surface area contributed by atoms with Crippen molar-refractivity contribution in [3.63, 3.8) is 0 Å². The summed E-state index contributed by atoms with van der Waals surface area (Å²) in [5.41, 5.74) is 0.647. The molecule has 1 aromatic rings. The highest BCUT2D eigenvalue weighted by molar-refractivity contribution is 14.1. The van der Waals surface area contributed by atoms with Crippen molar-refractivity contribution < 1.29 is 4.79 Å². The summed E-state index contributed by atoms with van der Waals surface area (Å²) >= 11 is 7.85. The topological polar surface area (TPSA) is 40.9 Å². The van der Waals surface area contributed by atoms with Gasteiger partial charge in [0.2, 0.25) is 0 Å². The first-order valence-electron chi connectivity index (χ1n) is 3.46. The van der Waals surface area contributed by atoms with Crippen LogP contribution in [-0.2, 0) is 0 Å². The summed E-state index contributed by atoms with van der Waals surface area (Å²) in [4.78, 5) is 11.1. The number of rotatable bonds is 1. The molecule has 0 saturated carbocycles. The van der Waals surface area contributed by atoms with Gasteiger partial charge in [-0.2, -0.15) is 5.26 Å². The molecule has 0 unspecified atom stereocenters. The second-order valence-corrected chi connectivity index (χ2v) is 4.13. The lowest BCUT2D eigenvalue weighted by Gasteiger charge is -2.02. The minimum atomic E-state index is -0.142. The summed E-state index contributed by atoms with van der Waals surface area (Å²) in [5.74, 6) is -0.142. The number of Topliss-reactive ketones (excluding diaryl/α,β-unsaturated/α-hetero) is 1. The Hall–Kier alpha value is -0.600. The van der Waals surface area contributed by atoms with Crippen molar-refractivity contribution >= 4 is 40.0 Å². The normalized spacial score (nSPS) is 9.38. The number of hydrogen-bond acceptors (Lipinski definition) is 2. The van der Waals surface area contributed by atoms with E-state index in [9.17, 15) is 4.79 Å². The summed E-state index contributed by atoms with van der Waals surface area (Å²) in [6, 6.07) is 5.24. The molecular weight excluding hydrogens is 300 g/mol. The van der Waals surface area contributed by atoms with Crippen molar-refractivity contribution in [2.24, 2.45) is 0 Å². The Kier molecular flexibility index (Phi) is 3.28. The van der Waals surface area contributed by atoms with Gasteiger partial charge in [0.05, 0.1) is 10.6 Å². The van der Waals surface area contributed by atoms with E-state index in [1.807, 2.05) is 6.07 Å². The average Bonchev–Trinajstić information content (AvgIpc) is 2.02. The van der Waals surface area contributed by atoms with Crippen LogP contribution in [-0.4, -0.2) is 5.78 Å². The Bertz CT molecular complexity index is 409. The molecule has 0 aliphatic rings. The smallest absolute Gasteiger partial charge is 0.161 e. The SMILES string of the molecule is CC(=O)c1cc(I)cc(Cl)c1C#N. The largest absolute Gasteiger partial charge is 0.294 e. The average molecular weight is 306 g/mol. The lowest BCUT2D eigenvalue weighted by atomic mass is 10.1. The van der Waals surface area contributed by atoms with Gasteiger partial charge in [0.1, 0.15) is 6.07 Å². The third-order valence-electron chi connectivity index (χ3n) is 1.55. The van der Waals surface area contributed by atoms with Crippen molar-refractivity contribution in [3.05, 3.63) is 31.9 Å². The molecule has 0 amide bonds. The summed E-state index contributed by atoms with van der Waals surface area (Å²) in [6.07, 6.45) is 0. The van der Waals surface area contributed by atoms with Crippen molar-refractivity contribution in [1.82, 2.24) is 0 Å². The van der Waals surface area contributed by atoms with E-state index >= 15 is 0 Å². The summed E-state index contributed by atoms with van der Waals surface area (Å²) < 4.78 is 0.854. The van der Waals surface area contributed by atoms with E-state index in [4.69, 9.17) is 16.9 Å². The maximum Gasteiger partial charge on any atom is 0.161 e. The molecule has 0 fully saturated rings. The molecule has 0 saturated heterocycles. The molecule has 0 aliphatic heterocycles. The molecule has 2 nitrogen and oxygen atoms in total. The second kappa shape index (κ2) is 4.07. The molecule has 13 heavy (non-hydrogen) atoms. The Morgan fingerprint density at radius 3 is 2.69 bits per heavy atom. The molecule has 66 valence electrons. The molecule has 0 aromatic heterocycles. The molecular formula is C9H5ClINO. The van der Waals surface area contributed by atoms with Crippen molar-refractivity contribution in [2.45, 2.75) is 6.92 Å². The van der Waals surface area contributed by atoms with Crippen molar-refractivity contribution in [1.29, 1.82) is 5.26 Å². The van der Waals surface area contributed by atoms with Gasteiger partial charge in [0.15, 0.2) is 5.78 Å². The van der Waals surface area contributed by atoms with E-state index in [1.54, 1.807) is 12.1 Å². The van der Waals surface area contributed by atoms with Crippen LogP contribution in [0.5, 0.6) is 0 Å². The number of benzene rings is 1. The molecule has 0 spiro atoms. The van der Waals surface area contributed by atoms with Crippen LogP contribution >= 0.6 is 34.2 Å². The Morgan fingerprint density at radius 2 is 2.23 bits per heavy atom. The number of carbonyl (C=O) groups is 1. The molecule has 1 rings (SSSR count). The van der Waals surface area contributed by atoms with Gasteiger partial charge in [-0.25, -0.2) is 0 Å². The summed E-state index contributed by atoms with van der Waals surface area (Å²) in [7, 11) is 0. The quantitative estimate of drug-likeness (QED) is 0.591. The van der Waals surface area contributed by atoms with E-state index in [0.29, 0.717) is 10.6 Å². The first-order valence-corrected chi connectivity index (χ1v) is 4.92. The number of nitrogens with zero attached hydrogens (tertiary/aromatic N) is 1. The monoisotopic (exact) mass is 305 g/mol. The number of carbonyl (C=O) groups excluding carboxylic acids is 1. The summed E-state index contributed by atoms with van der Waals surface area (Å²) in [5, 5.41) is 9.08. The van der Waals surface area contributed by atoms with E-state index in [0.717, 1.165) is 3.57 Å². The third-order valence-corrected chi connectivity index (χ3v) is 2.47. The number of ketones is 1. The second-order valence-electron chi connectivity index (χ2n) is 2.48. The van der Waals surface area contributed by atoms with Crippen LogP contribution in [0.25, 0.3) is 0 Å². The van der Waals surface area contributed by atoms with Crippen LogP contribution in [0.4, 0.5) is 0 Å². The van der Waals surface area contributed by atoms with Gasteiger partial charge in [-0.1, -0.05) is 11.6 Å². The molecule has 1 aromatic carbocycles. The third kappa shape index (κ3) is 2.20. The lowest BCUT2D eigenvalue weighted by Crippen LogP contribution is -1.98. The standard InChI is InChI=1S/C9H5ClINO/c1-5(13)7-2-6(11)3-9(10)8(7)4-12/h2-3H,1H3. The van der Waals surface area contributed by atoms with Crippen molar-refractivity contribution in [3.8, 4) is 6.07 Å². The zero-order valence-corrected chi connectivity index (χ0v) is 9.68. The first kappa shape index (κ1) is 10.5. The highest BCUT2D eigenvalue weighted by atomic mass is 127. The van der Waals surface area contributed by atoms with Gasteiger partial charge in [-0.15, -0.1) is 0 Å². The summed E-state index contributed by atoms with van der Waals surface area (Å²) in [6.45, 7) is 1.42. The fourth-order valence-corrected chi connectivity index (χ4v) is 2.03. The van der Waals surface area contributed by atoms with Gasteiger partial charge in [0, 0.05) is 9.13 Å². The molecule has 0 heterocycles. The fourth-order valence-electron chi connectivity index (χ4n) is 0.965. The first-order chi connectivity index (χ1) is 6.06. The van der Waals surface area contributed by atoms with E-state index in [-0.39, 0.29) is 11.3 Å². The van der Waals surface area contributed by atoms with Crippen molar-refractivity contribution in [2.75, 3.05) is 0 Å². The van der Waals surface area contributed by atoms with Crippen LogP contribution in [0, 0.1) is 14.9 Å². The molecule has 4 heteroatoms. The minimum Gasteiger partial charge on any atom is -0.294 e. The lowest BCUT2D eigenvalue weighted by molar-refractivity contribution is 0.101. The van der Waals surface area contributed by atoms with Gasteiger partial charge in [-0.05, 0) is 41.6 Å². The Morgan fingerprint density at radius 1 is 1.62 bits per heavy atom. The zero-order chi connectivity index (χ0) is 10.0. The minimum absolute atomic E-state index is 0.142. The van der Waals surface area contributed by atoms with Gasteiger partial charge < -0.3 is 0 Å². The van der Waals surface area contributed by atoms with Crippen LogP contribution < -0.4 is 0 Å². The van der Waals surface area contributed by atoms with Gasteiger partial charge >= 0.3 is 0 Å².